The van der Waals surface area contributed by atoms with Crippen LogP contribution in [0.1, 0.15) is 28.8 Å². The molecule has 6 nitrogen and oxygen atoms in total. The predicted molar refractivity (Wildman–Crippen MR) is 67.3 cm³/mol. The van der Waals surface area contributed by atoms with Crippen LogP contribution < -0.4 is 5.32 Å². The Morgan fingerprint density at radius 1 is 1.39 bits per heavy atom. The van der Waals surface area contributed by atoms with Gasteiger partial charge in [0.1, 0.15) is 12.4 Å². The van der Waals surface area contributed by atoms with Crippen molar-refractivity contribution in [3.63, 3.8) is 0 Å². The number of hydrogen-bond acceptors (Lipinski definition) is 3. The number of nitrogens with one attached hydrogen (secondary N) is 1. The molecule has 0 fully saturated rings. The van der Waals surface area contributed by atoms with E-state index in [9.17, 15) is 4.79 Å². The van der Waals surface area contributed by atoms with Gasteiger partial charge in [-0.05, 0) is 32.9 Å². The standard InChI is InChI=1S/C12H17N5O/c1-4-13-12(18)11-5-6-16(15-11)8-17-10(3)7-9(2)14-17/h5-7H,4,8H2,1-3H3,(H,13,18). The summed E-state index contributed by atoms with van der Waals surface area (Å²) in [6.07, 6.45) is 1.78. The van der Waals surface area contributed by atoms with Crippen molar-refractivity contribution in [2.45, 2.75) is 27.4 Å². The molecular weight excluding hydrogens is 230 g/mol. The highest BCUT2D eigenvalue weighted by atomic mass is 16.1. The molecule has 96 valence electrons. The van der Waals surface area contributed by atoms with Crippen LogP contribution in [-0.2, 0) is 6.67 Å². The zero-order valence-electron chi connectivity index (χ0n) is 10.8. The molecule has 0 unspecified atom stereocenters. The molecule has 0 radical (unpaired) electrons. The summed E-state index contributed by atoms with van der Waals surface area (Å²) >= 11 is 0. The number of aromatic nitrogens is 4. The van der Waals surface area contributed by atoms with Crippen LogP contribution in [0.25, 0.3) is 0 Å². The second-order valence-corrected chi connectivity index (χ2v) is 4.17. The van der Waals surface area contributed by atoms with Gasteiger partial charge in [0.25, 0.3) is 5.91 Å². The van der Waals surface area contributed by atoms with Crippen molar-refractivity contribution in [1.29, 1.82) is 0 Å². The highest BCUT2D eigenvalue weighted by molar-refractivity contribution is 5.92. The predicted octanol–water partition coefficient (Wildman–Crippen LogP) is 0.952. The van der Waals surface area contributed by atoms with Gasteiger partial charge in [0.15, 0.2) is 0 Å². The summed E-state index contributed by atoms with van der Waals surface area (Å²) in [6, 6.07) is 3.71. The van der Waals surface area contributed by atoms with Crippen LogP contribution in [0.15, 0.2) is 18.3 Å². The summed E-state index contributed by atoms with van der Waals surface area (Å²) < 4.78 is 3.55. The van der Waals surface area contributed by atoms with E-state index in [0.29, 0.717) is 18.9 Å². The average molecular weight is 247 g/mol. The van der Waals surface area contributed by atoms with Crippen LogP contribution in [0.3, 0.4) is 0 Å². The molecular formula is C12H17N5O. The van der Waals surface area contributed by atoms with Crippen LogP contribution in [0.4, 0.5) is 0 Å². The van der Waals surface area contributed by atoms with Crippen LogP contribution in [0.2, 0.25) is 0 Å². The fourth-order valence-electron chi connectivity index (χ4n) is 1.77. The molecule has 2 aromatic heterocycles. The minimum Gasteiger partial charge on any atom is -0.351 e. The van der Waals surface area contributed by atoms with Gasteiger partial charge < -0.3 is 5.32 Å². The van der Waals surface area contributed by atoms with Gasteiger partial charge in [-0.25, -0.2) is 4.68 Å². The number of aryl methyl sites for hydroxylation is 2. The molecule has 2 rings (SSSR count). The van der Waals surface area contributed by atoms with Crippen molar-refractivity contribution in [1.82, 2.24) is 24.9 Å². The molecule has 1 N–H and O–H groups in total. The number of hydrogen-bond donors (Lipinski definition) is 1. The molecule has 6 heteroatoms. The van der Waals surface area contributed by atoms with Crippen molar-refractivity contribution < 1.29 is 4.79 Å². The molecule has 0 aliphatic heterocycles. The van der Waals surface area contributed by atoms with Crippen LogP contribution in [-0.4, -0.2) is 32.0 Å². The van der Waals surface area contributed by atoms with Crippen molar-refractivity contribution in [2.24, 2.45) is 0 Å². The van der Waals surface area contributed by atoms with Crippen LogP contribution >= 0.6 is 0 Å². The Kier molecular flexibility index (Phi) is 3.45. The SMILES string of the molecule is CCNC(=O)c1ccn(Cn2nc(C)cc2C)n1. The minimum atomic E-state index is -0.149. The van der Waals surface area contributed by atoms with E-state index in [0.717, 1.165) is 11.4 Å². The third-order valence-electron chi connectivity index (χ3n) is 2.59. The summed E-state index contributed by atoms with van der Waals surface area (Å²) in [7, 11) is 0. The van der Waals surface area contributed by atoms with Crippen LogP contribution in [0.5, 0.6) is 0 Å². The molecule has 0 bridgehead atoms. The van der Waals surface area contributed by atoms with E-state index in [1.165, 1.54) is 0 Å². The second-order valence-electron chi connectivity index (χ2n) is 4.17. The number of carbonyl (C=O) groups is 1. The topological polar surface area (TPSA) is 64.7 Å². The van der Waals surface area contributed by atoms with Gasteiger partial charge in [0.2, 0.25) is 0 Å². The number of rotatable bonds is 4. The molecule has 0 saturated heterocycles. The summed E-state index contributed by atoms with van der Waals surface area (Å²) in [5, 5.41) is 11.3. The molecule has 2 aromatic rings. The Morgan fingerprint density at radius 2 is 2.17 bits per heavy atom. The van der Waals surface area contributed by atoms with Gasteiger partial charge in [-0.15, -0.1) is 0 Å². The molecule has 0 saturated carbocycles. The molecule has 0 aromatic carbocycles. The van der Waals surface area contributed by atoms with E-state index in [1.807, 2.05) is 31.5 Å². The molecule has 18 heavy (non-hydrogen) atoms. The average Bonchev–Trinajstić information content (AvgIpc) is 2.88. The van der Waals surface area contributed by atoms with E-state index >= 15 is 0 Å². The Bertz CT molecular complexity index is 555. The van der Waals surface area contributed by atoms with E-state index < -0.39 is 0 Å². The molecule has 0 spiro atoms. The Balaban J connectivity index is 2.11. The number of carbonyl (C=O) groups excluding carboxylic acids is 1. The summed E-state index contributed by atoms with van der Waals surface area (Å²) in [5.41, 5.74) is 2.48. The lowest BCUT2D eigenvalue weighted by atomic mass is 10.4. The maximum atomic E-state index is 11.6. The highest BCUT2D eigenvalue weighted by Gasteiger charge is 2.08. The first-order valence-corrected chi connectivity index (χ1v) is 5.93. The summed E-state index contributed by atoms with van der Waals surface area (Å²) in [6.45, 7) is 6.94. The lowest BCUT2D eigenvalue weighted by Gasteiger charge is -2.04. The van der Waals surface area contributed by atoms with E-state index in [2.05, 4.69) is 15.5 Å². The van der Waals surface area contributed by atoms with Crippen LogP contribution in [0, 0.1) is 13.8 Å². The fourth-order valence-corrected chi connectivity index (χ4v) is 1.77. The Hall–Kier alpha value is -2.11. The van der Waals surface area contributed by atoms with Crippen molar-refractivity contribution in [3.8, 4) is 0 Å². The minimum absolute atomic E-state index is 0.149. The van der Waals surface area contributed by atoms with Crippen molar-refractivity contribution in [2.75, 3.05) is 6.54 Å². The van der Waals surface area contributed by atoms with Crippen molar-refractivity contribution in [3.05, 3.63) is 35.4 Å². The van der Waals surface area contributed by atoms with Gasteiger partial charge in [0.05, 0.1) is 5.69 Å². The molecule has 0 aliphatic rings. The van der Waals surface area contributed by atoms with E-state index in [4.69, 9.17) is 0 Å². The third-order valence-corrected chi connectivity index (χ3v) is 2.59. The molecule has 1 amide bonds. The molecule has 0 atom stereocenters. The maximum Gasteiger partial charge on any atom is 0.271 e. The summed E-state index contributed by atoms with van der Waals surface area (Å²) in [4.78, 5) is 11.6. The largest absolute Gasteiger partial charge is 0.351 e. The Morgan fingerprint density at radius 3 is 2.78 bits per heavy atom. The lowest BCUT2D eigenvalue weighted by molar-refractivity contribution is 0.0950. The quantitative estimate of drug-likeness (QED) is 0.875. The van der Waals surface area contributed by atoms with Gasteiger partial charge in [-0.3, -0.25) is 9.48 Å². The van der Waals surface area contributed by atoms with Gasteiger partial charge in [-0.2, -0.15) is 10.2 Å². The van der Waals surface area contributed by atoms with Crippen molar-refractivity contribution >= 4 is 5.91 Å². The summed E-state index contributed by atoms with van der Waals surface area (Å²) in [5.74, 6) is -0.149. The zero-order chi connectivity index (χ0) is 13.1. The monoisotopic (exact) mass is 247 g/mol. The smallest absolute Gasteiger partial charge is 0.271 e. The van der Waals surface area contributed by atoms with Gasteiger partial charge in [-0.1, -0.05) is 0 Å². The molecule has 0 aliphatic carbocycles. The second kappa shape index (κ2) is 5.03. The fraction of sp³-hybridized carbons (Fsp3) is 0.417. The van der Waals surface area contributed by atoms with Gasteiger partial charge >= 0.3 is 0 Å². The zero-order valence-corrected chi connectivity index (χ0v) is 10.8. The first-order chi connectivity index (χ1) is 8.60. The third kappa shape index (κ3) is 2.58. The number of amides is 1. The lowest BCUT2D eigenvalue weighted by Crippen LogP contribution is -2.23. The molecule has 2 heterocycles. The first kappa shape index (κ1) is 12.3. The highest BCUT2D eigenvalue weighted by Crippen LogP contribution is 2.03. The number of nitrogens with zero attached hydrogens (tertiary/aromatic N) is 4. The first-order valence-electron chi connectivity index (χ1n) is 5.93. The van der Waals surface area contributed by atoms with E-state index in [-0.39, 0.29) is 5.91 Å². The Labute approximate surface area is 106 Å². The van der Waals surface area contributed by atoms with E-state index in [1.54, 1.807) is 16.9 Å². The maximum absolute atomic E-state index is 11.6. The van der Waals surface area contributed by atoms with Gasteiger partial charge in [0, 0.05) is 18.4 Å². The normalized spacial score (nSPS) is 10.6.